The molecular formula is C22H25N5O. The SMILES string of the molecule is CCN(CC)c1ccc(Nc2ccc(NC(=O)Nc3ccccc3)nc2)cc1. The Balaban J connectivity index is 1.56. The fourth-order valence-corrected chi connectivity index (χ4v) is 2.85. The fourth-order valence-electron chi connectivity index (χ4n) is 2.85. The van der Waals surface area contributed by atoms with Crippen LogP contribution in [0, 0.1) is 0 Å². The predicted molar refractivity (Wildman–Crippen MR) is 117 cm³/mol. The topological polar surface area (TPSA) is 69.3 Å². The lowest BCUT2D eigenvalue weighted by molar-refractivity contribution is 0.262. The minimum atomic E-state index is -0.327. The first kappa shape index (κ1) is 19.2. The van der Waals surface area contributed by atoms with E-state index in [2.05, 4.69) is 51.8 Å². The number of aromatic nitrogens is 1. The van der Waals surface area contributed by atoms with E-state index in [0.717, 1.165) is 30.2 Å². The highest BCUT2D eigenvalue weighted by Gasteiger charge is 2.04. The summed E-state index contributed by atoms with van der Waals surface area (Å²) in [4.78, 5) is 18.6. The van der Waals surface area contributed by atoms with Crippen LogP contribution in [0.5, 0.6) is 0 Å². The Morgan fingerprint density at radius 1 is 0.821 bits per heavy atom. The molecule has 1 heterocycles. The van der Waals surface area contributed by atoms with Gasteiger partial charge in [0.15, 0.2) is 0 Å². The number of anilines is 5. The van der Waals surface area contributed by atoms with Gasteiger partial charge in [0.2, 0.25) is 0 Å². The van der Waals surface area contributed by atoms with E-state index >= 15 is 0 Å². The van der Waals surface area contributed by atoms with Gasteiger partial charge in [-0.05, 0) is 62.4 Å². The first-order valence-corrected chi connectivity index (χ1v) is 9.39. The molecule has 3 N–H and O–H groups in total. The molecule has 0 aliphatic carbocycles. The maximum atomic E-state index is 12.0. The number of benzene rings is 2. The van der Waals surface area contributed by atoms with Gasteiger partial charge in [0, 0.05) is 30.2 Å². The number of nitrogens with one attached hydrogen (secondary N) is 3. The number of carbonyl (C=O) groups is 1. The zero-order valence-electron chi connectivity index (χ0n) is 16.1. The van der Waals surface area contributed by atoms with E-state index in [1.165, 1.54) is 5.69 Å². The number of urea groups is 1. The summed E-state index contributed by atoms with van der Waals surface area (Å²) in [7, 11) is 0. The molecule has 144 valence electrons. The normalized spacial score (nSPS) is 10.2. The largest absolute Gasteiger partial charge is 0.372 e. The summed E-state index contributed by atoms with van der Waals surface area (Å²) in [5.74, 6) is 0.482. The van der Waals surface area contributed by atoms with E-state index in [9.17, 15) is 4.79 Å². The van der Waals surface area contributed by atoms with Crippen molar-refractivity contribution >= 4 is 34.6 Å². The first-order chi connectivity index (χ1) is 13.7. The van der Waals surface area contributed by atoms with Crippen LogP contribution in [0.25, 0.3) is 0 Å². The van der Waals surface area contributed by atoms with Gasteiger partial charge in [-0.2, -0.15) is 0 Å². The van der Waals surface area contributed by atoms with Crippen molar-refractivity contribution in [3.63, 3.8) is 0 Å². The van der Waals surface area contributed by atoms with E-state index in [-0.39, 0.29) is 6.03 Å². The molecule has 6 nitrogen and oxygen atoms in total. The molecule has 0 bridgehead atoms. The van der Waals surface area contributed by atoms with E-state index < -0.39 is 0 Å². The summed E-state index contributed by atoms with van der Waals surface area (Å²) >= 11 is 0. The number of para-hydroxylation sites is 1. The van der Waals surface area contributed by atoms with Gasteiger partial charge >= 0.3 is 6.03 Å². The zero-order chi connectivity index (χ0) is 19.8. The number of nitrogens with zero attached hydrogens (tertiary/aromatic N) is 2. The smallest absolute Gasteiger partial charge is 0.324 e. The Morgan fingerprint density at radius 2 is 1.50 bits per heavy atom. The molecule has 6 heteroatoms. The molecule has 0 fully saturated rings. The summed E-state index contributed by atoms with van der Waals surface area (Å²) in [6, 6.07) is 20.9. The maximum absolute atomic E-state index is 12.0. The summed E-state index contributed by atoms with van der Waals surface area (Å²) in [5, 5.41) is 8.80. The molecule has 0 radical (unpaired) electrons. The molecule has 2 amide bonds. The first-order valence-electron chi connectivity index (χ1n) is 9.39. The highest BCUT2D eigenvalue weighted by molar-refractivity contribution is 5.99. The second kappa shape index (κ2) is 9.41. The molecule has 0 spiro atoms. The Bertz CT molecular complexity index is 875. The van der Waals surface area contributed by atoms with Gasteiger partial charge in [-0.25, -0.2) is 9.78 Å². The van der Waals surface area contributed by atoms with Crippen LogP contribution in [0.15, 0.2) is 72.9 Å². The average Bonchev–Trinajstić information content (AvgIpc) is 2.72. The van der Waals surface area contributed by atoms with Gasteiger partial charge in [-0.15, -0.1) is 0 Å². The van der Waals surface area contributed by atoms with Gasteiger partial charge in [0.05, 0.1) is 11.9 Å². The van der Waals surface area contributed by atoms with Crippen LogP contribution in [0.4, 0.5) is 33.4 Å². The highest BCUT2D eigenvalue weighted by Crippen LogP contribution is 2.21. The van der Waals surface area contributed by atoms with E-state index in [1.807, 2.05) is 48.5 Å². The molecule has 0 unspecified atom stereocenters. The van der Waals surface area contributed by atoms with Crippen LogP contribution in [0.3, 0.4) is 0 Å². The third kappa shape index (κ3) is 5.23. The number of pyridine rings is 1. The summed E-state index contributed by atoms with van der Waals surface area (Å²) < 4.78 is 0. The third-order valence-corrected chi connectivity index (χ3v) is 4.32. The molecule has 0 aliphatic heterocycles. The Labute approximate surface area is 165 Å². The van der Waals surface area contributed by atoms with Crippen molar-refractivity contribution in [3.8, 4) is 0 Å². The number of hydrogen-bond donors (Lipinski definition) is 3. The van der Waals surface area contributed by atoms with Gasteiger partial charge < -0.3 is 15.5 Å². The summed E-state index contributed by atoms with van der Waals surface area (Å²) in [5.41, 5.74) is 3.77. The minimum Gasteiger partial charge on any atom is -0.372 e. The molecule has 0 atom stereocenters. The number of carbonyl (C=O) groups excluding carboxylic acids is 1. The third-order valence-electron chi connectivity index (χ3n) is 4.32. The number of hydrogen-bond acceptors (Lipinski definition) is 4. The Kier molecular flexibility index (Phi) is 6.46. The van der Waals surface area contributed by atoms with Crippen LogP contribution in [-0.2, 0) is 0 Å². The van der Waals surface area contributed by atoms with Crippen LogP contribution >= 0.6 is 0 Å². The van der Waals surface area contributed by atoms with Crippen molar-refractivity contribution in [2.24, 2.45) is 0 Å². The van der Waals surface area contributed by atoms with Crippen molar-refractivity contribution in [1.29, 1.82) is 0 Å². The molecule has 3 rings (SSSR count). The Hall–Kier alpha value is -3.54. The number of rotatable bonds is 7. The molecular weight excluding hydrogens is 350 g/mol. The second-order valence-corrected chi connectivity index (χ2v) is 6.22. The van der Waals surface area contributed by atoms with E-state index in [0.29, 0.717) is 5.82 Å². The van der Waals surface area contributed by atoms with Crippen LogP contribution in [-0.4, -0.2) is 24.1 Å². The zero-order valence-corrected chi connectivity index (χ0v) is 16.1. The van der Waals surface area contributed by atoms with Crippen LogP contribution in [0.2, 0.25) is 0 Å². The van der Waals surface area contributed by atoms with Crippen molar-refractivity contribution in [2.45, 2.75) is 13.8 Å². The molecule has 0 saturated carbocycles. The van der Waals surface area contributed by atoms with Gasteiger partial charge in [-0.1, -0.05) is 18.2 Å². The van der Waals surface area contributed by atoms with Crippen molar-refractivity contribution < 1.29 is 4.79 Å². The molecule has 0 saturated heterocycles. The number of amides is 2. The standard InChI is InChI=1S/C22H25N5O/c1-3-27(4-2)20-13-10-18(11-14-20)24-19-12-15-21(23-16-19)26-22(28)25-17-8-6-5-7-9-17/h5-16,24H,3-4H2,1-2H3,(H2,23,25,26,28). The quantitative estimate of drug-likeness (QED) is 0.523. The monoisotopic (exact) mass is 375 g/mol. The molecule has 28 heavy (non-hydrogen) atoms. The summed E-state index contributed by atoms with van der Waals surface area (Å²) in [6.07, 6.45) is 1.69. The van der Waals surface area contributed by atoms with E-state index in [1.54, 1.807) is 12.3 Å². The lowest BCUT2D eigenvalue weighted by Gasteiger charge is -2.21. The predicted octanol–water partition coefficient (Wildman–Crippen LogP) is 5.32. The average molecular weight is 375 g/mol. The molecule has 2 aromatic carbocycles. The van der Waals surface area contributed by atoms with Crippen molar-refractivity contribution in [1.82, 2.24) is 4.98 Å². The second-order valence-electron chi connectivity index (χ2n) is 6.22. The van der Waals surface area contributed by atoms with Gasteiger partial charge in [0.25, 0.3) is 0 Å². The molecule has 3 aromatic rings. The van der Waals surface area contributed by atoms with Crippen LogP contribution in [0.1, 0.15) is 13.8 Å². The Morgan fingerprint density at radius 3 is 2.11 bits per heavy atom. The van der Waals surface area contributed by atoms with Gasteiger partial charge in [-0.3, -0.25) is 5.32 Å². The van der Waals surface area contributed by atoms with Crippen molar-refractivity contribution in [3.05, 3.63) is 72.9 Å². The molecule has 0 aliphatic rings. The lowest BCUT2D eigenvalue weighted by Crippen LogP contribution is -2.21. The minimum absolute atomic E-state index is 0.327. The summed E-state index contributed by atoms with van der Waals surface area (Å²) in [6.45, 7) is 6.27. The highest BCUT2D eigenvalue weighted by atomic mass is 16.2. The van der Waals surface area contributed by atoms with Gasteiger partial charge in [0.1, 0.15) is 5.82 Å². The van der Waals surface area contributed by atoms with Crippen LogP contribution < -0.4 is 20.9 Å². The molecule has 1 aromatic heterocycles. The fraction of sp³-hybridized carbons (Fsp3) is 0.182. The maximum Gasteiger partial charge on any atom is 0.324 e. The van der Waals surface area contributed by atoms with E-state index in [4.69, 9.17) is 0 Å². The lowest BCUT2D eigenvalue weighted by atomic mass is 10.2. The van der Waals surface area contributed by atoms with Crippen molar-refractivity contribution in [2.75, 3.05) is 33.9 Å².